The van der Waals surface area contributed by atoms with Crippen molar-refractivity contribution in [2.75, 3.05) is 13.7 Å². The van der Waals surface area contributed by atoms with Crippen LogP contribution in [-0.4, -0.2) is 35.1 Å². The van der Waals surface area contributed by atoms with Crippen LogP contribution in [0, 0.1) is 0 Å². The number of hydrogen-bond acceptors (Lipinski definition) is 5. The van der Waals surface area contributed by atoms with E-state index < -0.39 is 0 Å². The number of carbonyl (C=O) groups is 2. The molecule has 33 heavy (non-hydrogen) atoms. The van der Waals surface area contributed by atoms with Crippen LogP contribution in [0.3, 0.4) is 0 Å². The number of benzene rings is 2. The molecule has 9 heteroatoms. The molecule has 3 aromatic rings. The normalized spacial score (nSPS) is 11.2. The second kappa shape index (κ2) is 11.5. The molecule has 2 N–H and O–H groups in total. The number of rotatable bonds is 10. The number of ether oxygens (including phenoxy) is 1. The van der Waals surface area contributed by atoms with Gasteiger partial charge in [0.1, 0.15) is 5.75 Å². The van der Waals surface area contributed by atoms with Gasteiger partial charge in [-0.3, -0.25) is 9.59 Å². The predicted molar refractivity (Wildman–Crippen MR) is 128 cm³/mol. The molecule has 0 spiro atoms. The molecule has 174 valence electrons. The summed E-state index contributed by atoms with van der Waals surface area (Å²) in [6.07, 6.45) is 2.33. The monoisotopic (exact) mass is 470 g/mol. The van der Waals surface area contributed by atoms with Crippen molar-refractivity contribution in [2.24, 2.45) is 10.2 Å². The maximum absolute atomic E-state index is 12.2. The van der Waals surface area contributed by atoms with Gasteiger partial charge in [0.25, 0.3) is 11.8 Å². The molecule has 0 radical (unpaired) electrons. The summed E-state index contributed by atoms with van der Waals surface area (Å²) >= 11 is 6.02. The highest BCUT2D eigenvalue weighted by atomic mass is 35.5. The van der Waals surface area contributed by atoms with Crippen LogP contribution < -0.4 is 10.1 Å². The van der Waals surface area contributed by atoms with Crippen LogP contribution in [0.2, 0.25) is 5.02 Å². The Bertz CT molecular complexity index is 1170. The highest BCUT2D eigenvalue weighted by Crippen LogP contribution is 2.40. The van der Waals surface area contributed by atoms with E-state index in [1.54, 1.807) is 48.1 Å². The average Bonchev–Trinajstić information content (AvgIpc) is 3.09. The molecule has 2 aromatic carbocycles. The van der Waals surface area contributed by atoms with Crippen LogP contribution in [0.1, 0.15) is 43.0 Å². The molecule has 0 saturated heterocycles. The lowest BCUT2D eigenvalue weighted by Crippen LogP contribution is -2.24. The van der Waals surface area contributed by atoms with Gasteiger partial charge in [-0.05, 0) is 50.1 Å². The van der Waals surface area contributed by atoms with Crippen molar-refractivity contribution in [2.45, 2.75) is 39.2 Å². The van der Waals surface area contributed by atoms with E-state index in [1.807, 2.05) is 13.0 Å². The molecule has 0 aliphatic heterocycles. The smallest absolute Gasteiger partial charge is 0.264 e. The summed E-state index contributed by atoms with van der Waals surface area (Å²) < 4.78 is 6.95. The summed E-state index contributed by atoms with van der Waals surface area (Å²) in [5, 5.41) is 22.3. The number of aromatic hydroxyl groups is 1. The third-order valence-corrected chi connectivity index (χ3v) is 5.60. The zero-order valence-electron chi connectivity index (χ0n) is 18.7. The molecule has 1 aromatic heterocycles. The van der Waals surface area contributed by atoms with E-state index in [9.17, 15) is 14.7 Å². The summed E-state index contributed by atoms with van der Waals surface area (Å²) in [4.78, 5) is 24.3. The van der Waals surface area contributed by atoms with Crippen LogP contribution in [-0.2, 0) is 11.3 Å². The van der Waals surface area contributed by atoms with Crippen molar-refractivity contribution < 1.29 is 19.4 Å². The van der Waals surface area contributed by atoms with E-state index in [4.69, 9.17) is 16.3 Å². The number of hydrogen-bond donors (Lipinski definition) is 2. The minimum Gasteiger partial charge on any atom is -0.497 e. The molecule has 1 heterocycles. The maximum Gasteiger partial charge on any atom is 0.264 e. The lowest BCUT2D eigenvalue weighted by molar-refractivity contribution is -0.118. The number of carbonyl (C=O) groups excluding carboxylic acids is 2. The number of halogens is 1. The van der Waals surface area contributed by atoms with E-state index >= 15 is 0 Å². The maximum atomic E-state index is 12.2. The van der Waals surface area contributed by atoms with Crippen LogP contribution >= 0.6 is 11.6 Å². The number of aromatic nitrogens is 1. The second-order valence-electron chi connectivity index (χ2n) is 7.44. The third kappa shape index (κ3) is 5.90. The fraction of sp³-hybridized carbons (Fsp3) is 0.333. The summed E-state index contributed by atoms with van der Waals surface area (Å²) in [5.41, 5.74) is 1.48. The number of methoxy groups -OCH3 is 1. The van der Waals surface area contributed by atoms with Crippen molar-refractivity contribution in [1.82, 2.24) is 9.88 Å². The van der Waals surface area contributed by atoms with Crippen LogP contribution in [0.25, 0.3) is 10.9 Å². The summed E-state index contributed by atoms with van der Waals surface area (Å²) in [6.45, 7) is 2.95. The highest BCUT2D eigenvalue weighted by molar-refractivity contribution is 6.33. The van der Waals surface area contributed by atoms with E-state index in [1.165, 1.54) is 0 Å². The summed E-state index contributed by atoms with van der Waals surface area (Å²) in [5.74, 6) is 0.00896. The first-order valence-corrected chi connectivity index (χ1v) is 11.2. The average molecular weight is 471 g/mol. The Morgan fingerprint density at radius 3 is 2.67 bits per heavy atom. The lowest BCUT2D eigenvalue weighted by Gasteiger charge is -2.06. The number of nitrogens with one attached hydrogen (secondary N) is 1. The van der Waals surface area contributed by atoms with Gasteiger partial charge in [-0.1, -0.05) is 30.2 Å². The number of nitrogens with zero attached hydrogens (tertiary/aromatic N) is 3. The molecular weight excluding hydrogens is 444 g/mol. The van der Waals surface area contributed by atoms with Gasteiger partial charge in [0, 0.05) is 24.9 Å². The SMILES string of the molecule is CCn1c(O)c(N=NC(=O)CCCCCNC(=O)c2ccccc2Cl)c2cc(OC)ccc21. The largest absolute Gasteiger partial charge is 0.497 e. The van der Waals surface area contributed by atoms with Crippen molar-refractivity contribution in [3.63, 3.8) is 0 Å². The Morgan fingerprint density at radius 1 is 1.15 bits per heavy atom. The summed E-state index contributed by atoms with van der Waals surface area (Å²) in [7, 11) is 1.56. The quantitative estimate of drug-likeness (QED) is 0.296. The molecule has 8 nitrogen and oxygen atoms in total. The number of amides is 2. The van der Waals surface area contributed by atoms with Crippen LogP contribution in [0.5, 0.6) is 11.6 Å². The summed E-state index contributed by atoms with van der Waals surface area (Å²) in [6, 6.07) is 12.3. The molecule has 0 unspecified atom stereocenters. The van der Waals surface area contributed by atoms with Gasteiger partial charge in [-0.15, -0.1) is 10.2 Å². The first-order chi connectivity index (χ1) is 16.0. The lowest BCUT2D eigenvalue weighted by atomic mass is 10.1. The minimum absolute atomic E-state index is 0.0356. The van der Waals surface area contributed by atoms with Crippen molar-refractivity contribution >= 4 is 40.0 Å². The first-order valence-electron chi connectivity index (χ1n) is 10.8. The van der Waals surface area contributed by atoms with Gasteiger partial charge in [-0.2, -0.15) is 0 Å². The standard InChI is InChI=1S/C24H27ClN4O4/c1-3-29-20-13-12-16(33-2)15-18(20)22(24(29)32)28-27-21(30)11-5-4-8-14-26-23(31)17-9-6-7-10-19(17)25/h6-7,9-10,12-13,15,32H,3-5,8,11,14H2,1-2H3,(H,26,31). The Labute approximate surface area is 197 Å². The van der Waals surface area contributed by atoms with Crippen molar-refractivity contribution in [3.8, 4) is 11.6 Å². The second-order valence-corrected chi connectivity index (χ2v) is 7.85. The van der Waals surface area contributed by atoms with Gasteiger partial charge in [-0.25, -0.2) is 0 Å². The van der Waals surface area contributed by atoms with Gasteiger partial charge in [0.2, 0.25) is 5.88 Å². The highest BCUT2D eigenvalue weighted by Gasteiger charge is 2.17. The fourth-order valence-corrected chi connectivity index (χ4v) is 3.75. The Kier molecular flexibility index (Phi) is 8.43. The minimum atomic E-state index is -0.366. The zero-order chi connectivity index (χ0) is 23.8. The van der Waals surface area contributed by atoms with Crippen molar-refractivity contribution in [3.05, 3.63) is 53.1 Å². The first kappa shape index (κ1) is 24.3. The topological polar surface area (TPSA) is 105 Å². The van der Waals surface area contributed by atoms with E-state index in [0.29, 0.717) is 41.2 Å². The predicted octanol–water partition coefficient (Wildman–Crippen LogP) is 5.63. The van der Waals surface area contributed by atoms with Crippen molar-refractivity contribution in [1.29, 1.82) is 0 Å². The third-order valence-electron chi connectivity index (χ3n) is 5.27. The van der Waals surface area contributed by atoms with E-state index in [-0.39, 0.29) is 29.8 Å². The van der Waals surface area contributed by atoms with Gasteiger partial charge >= 0.3 is 0 Å². The molecule has 0 bridgehead atoms. The number of unbranched alkanes of at least 4 members (excludes halogenated alkanes) is 2. The molecular formula is C24H27ClN4O4. The molecule has 0 fully saturated rings. The molecule has 0 saturated carbocycles. The Morgan fingerprint density at radius 2 is 1.94 bits per heavy atom. The molecule has 2 amide bonds. The molecule has 0 atom stereocenters. The van der Waals surface area contributed by atoms with Gasteiger partial charge < -0.3 is 19.7 Å². The Balaban J connectivity index is 1.49. The zero-order valence-corrected chi connectivity index (χ0v) is 19.4. The fourth-order valence-electron chi connectivity index (χ4n) is 3.52. The Hall–Kier alpha value is -3.39. The molecule has 3 rings (SSSR count). The van der Waals surface area contributed by atoms with E-state index in [0.717, 1.165) is 18.4 Å². The van der Waals surface area contributed by atoms with Gasteiger partial charge in [0.05, 0.1) is 23.2 Å². The van der Waals surface area contributed by atoms with E-state index in [2.05, 4.69) is 15.5 Å². The number of aryl methyl sites for hydroxylation is 1. The van der Waals surface area contributed by atoms with Gasteiger partial charge in [0.15, 0.2) is 5.69 Å². The number of azo groups is 1. The van der Waals surface area contributed by atoms with Crippen LogP contribution in [0.15, 0.2) is 52.7 Å². The number of fused-ring (bicyclic) bond motifs is 1. The van der Waals surface area contributed by atoms with Crippen LogP contribution in [0.4, 0.5) is 5.69 Å². The molecule has 0 aliphatic carbocycles. The molecule has 0 aliphatic rings.